The monoisotopic (exact) mass is 236 g/mol. The summed E-state index contributed by atoms with van der Waals surface area (Å²) in [6.07, 6.45) is 0.545. The van der Waals surface area contributed by atoms with E-state index in [4.69, 9.17) is 14.2 Å². The van der Waals surface area contributed by atoms with Crippen molar-refractivity contribution in [2.75, 3.05) is 13.7 Å². The van der Waals surface area contributed by atoms with Crippen LogP contribution in [0.15, 0.2) is 18.2 Å². The van der Waals surface area contributed by atoms with Crippen LogP contribution in [-0.4, -0.2) is 32.1 Å². The van der Waals surface area contributed by atoms with Crippen LogP contribution in [0, 0.1) is 0 Å². The number of benzene rings is 1. The van der Waals surface area contributed by atoms with Crippen LogP contribution in [0.3, 0.4) is 0 Å². The van der Waals surface area contributed by atoms with E-state index in [0.717, 1.165) is 0 Å². The van der Waals surface area contributed by atoms with Gasteiger partial charge in [0.2, 0.25) is 0 Å². The zero-order chi connectivity index (χ0) is 12.3. The van der Waals surface area contributed by atoms with Gasteiger partial charge in [0.15, 0.2) is 12.4 Å². The number of hydrogen-bond donors (Lipinski definition) is 0. The standard InChI is InChI=1S/C12H12O5/c1-15-9-2-3-10(8(6-9)7-13)17-11-4-5-16-12(11)14/h2-3,6-7,11H,4-5H2,1H3. The van der Waals surface area contributed by atoms with E-state index in [1.54, 1.807) is 18.2 Å². The summed E-state index contributed by atoms with van der Waals surface area (Å²) in [6, 6.07) is 4.83. The van der Waals surface area contributed by atoms with Gasteiger partial charge in [0, 0.05) is 6.42 Å². The first-order chi connectivity index (χ1) is 8.24. The maximum atomic E-state index is 11.2. The summed E-state index contributed by atoms with van der Waals surface area (Å²) in [7, 11) is 1.51. The number of hydrogen-bond acceptors (Lipinski definition) is 5. The molecule has 1 fully saturated rings. The predicted octanol–water partition coefficient (Wildman–Crippen LogP) is 1.20. The Labute approximate surface area is 98.3 Å². The second-order valence-corrected chi connectivity index (χ2v) is 3.58. The molecular weight excluding hydrogens is 224 g/mol. The zero-order valence-electron chi connectivity index (χ0n) is 9.34. The average molecular weight is 236 g/mol. The molecule has 1 aromatic rings. The Morgan fingerprint density at radius 2 is 2.29 bits per heavy atom. The summed E-state index contributed by atoms with van der Waals surface area (Å²) >= 11 is 0. The van der Waals surface area contributed by atoms with Crippen molar-refractivity contribution in [3.8, 4) is 11.5 Å². The number of methoxy groups -OCH3 is 1. The number of carbonyl (C=O) groups is 2. The van der Waals surface area contributed by atoms with Gasteiger partial charge < -0.3 is 14.2 Å². The Morgan fingerprint density at radius 1 is 1.47 bits per heavy atom. The third-order valence-electron chi connectivity index (χ3n) is 2.50. The molecule has 1 saturated heterocycles. The Hall–Kier alpha value is -2.04. The Bertz CT molecular complexity index is 441. The summed E-state index contributed by atoms with van der Waals surface area (Å²) in [5.41, 5.74) is 0.351. The van der Waals surface area contributed by atoms with Gasteiger partial charge in [-0.15, -0.1) is 0 Å². The van der Waals surface area contributed by atoms with Crippen LogP contribution in [0.25, 0.3) is 0 Å². The van der Waals surface area contributed by atoms with E-state index in [-0.39, 0.29) is 0 Å². The normalized spacial score (nSPS) is 18.6. The highest BCUT2D eigenvalue weighted by Gasteiger charge is 2.29. The minimum Gasteiger partial charge on any atom is -0.497 e. The molecule has 17 heavy (non-hydrogen) atoms. The predicted molar refractivity (Wildman–Crippen MR) is 58.4 cm³/mol. The Balaban J connectivity index is 2.20. The first kappa shape index (κ1) is 11.4. The molecule has 1 aliphatic heterocycles. The lowest BCUT2D eigenvalue weighted by atomic mass is 10.2. The van der Waals surface area contributed by atoms with E-state index in [1.165, 1.54) is 7.11 Å². The van der Waals surface area contributed by atoms with Crippen LogP contribution in [0.2, 0.25) is 0 Å². The number of cyclic esters (lactones) is 1. The SMILES string of the molecule is COc1ccc(OC2CCOC2=O)c(C=O)c1. The molecule has 0 aromatic heterocycles. The van der Waals surface area contributed by atoms with Crippen LogP contribution >= 0.6 is 0 Å². The molecule has 90 valence electrons. The van der Waals surface area contributed by atoms with Gasteiger partial charge in [-0.25, -0.2) is 4.79 Å². The summed E-state index contributed by atoms with van der Waals surface area (Å²) in [4.78, 5) is 22.1. The van der Waals surface area contributed by atoms with Gasteiger partial charge in [-0.05, 0) is 18.2 Å². The Kier molecular flexibility index (Phi) is 3.27. The highest BCUT2D eigenvalue weighted by Crippen LogP contribution is 2.25. The van der Waals surface area contributed by atoms with Crippen molar-refractivity contribution < 1.29 is 23.8 Å². The summed E-state index contributed by atoms with van der Waals surface area (Å²) in [5.74, 6) is 0.538. The van der Waals surface area contributed by atoms with Gasteiger partial charge in [-0.1, -0.05) is 0 Å². The molecule has 0 bridgehead atoms. The quantitative estimate of drug-likeness (QED) is 0.580. The van der Waals surface area contributed by atoms with Crippen molar-refractivity contribution in [1.29, 1.82) is 0 Å². The van der Waals surface area contributed by atoms with Crippen LogP contribution < -0.4 is 9.47 Å². The fourth-order valence-electron chi connectivity index (χ4n) is 1.59. The van der Waals surface area contributed by atoms with Crippen molar-refractivity contribution in [2.45, 2.75) is 12.5 Å². The van der Waals surface area contributed by atoms with Crippen LogP contribution in [0.1, 0.15) is 16.8 Å². The van der Waals surface area contributed by atoms with Crippen molar-refractivity contribution in [2.24, 2.45) is 0 Å². The number of aldehydes is 1. The Morgan fingerprint density at radius 3 is 2.88 bits per heavy atom. The zero-order valence-corrected chi connectivity index (χ0v) is 9.34. The second kappa shape index (κ2) is 4.86. The maximum absolute atomic E-state index is 11.2. The van der Waals surface area contributed by atoms with Crippen molar-refractivity contribution in [3.63, 3.8) is 0 Å². The van der Waals surface area contributed by atoms with Gasteiger partial charge >= 0.3 is 5.97 Å². The molecule has 0 spiro atoms. The smallest absolute Gasteiger partial charge is 0.347 e. The molecular formula is C12H12O5. The number of ether oxygens (including phenoxy) is 3. The minimum absolute atomic E-state index is 0.351. The van der Waals surface area contributed by atoms with E-state index >= 15 is 0 Å². The molecule has 0 aliphatic carbocycles. The lowest BCUT2D eigenvalue weighted by molar-refractivity contribution is -0.143. The van der Waals surface area contributed by atoms with Gasteiger partial charge in [-0.3, -0.25) is 4.79 Å². The largest absolute Gasteiger partial charge is 0.497 e. The summed E-state index contributed by atoms with van der Waals surface area (Å²) in [5, 5.41) is 0. The van der Waals surface area contributed by atoms with Gasteiger partial charge in [-0.2, -0.15) is 0 Å². The molecule has 5 nitrogen and oxygen atoms in total. The molecule has 0 N–H and O–H groups in total. The molecule has 1 unspecified atom stereocenters. The molecule has 0 radical (unpaired) electrons. The van der Waals surface area contributed by atoms with Crippen LogP contribution in [0.5, 0.6) is 11.5 Å². The van der Waals surface area contributed by atoms with E-state index in [0.29, 0.717) is 36.4 Å². The minimum atomic E-state index is -0.623. The van der Waals surface area contributed by atoms with Crippen molar-refractivity contribution in [1.82, 2.24) is 0 Å². The lowest BCUT2D eigenvalue weighted by Crippen LogP contribution is -2.22. The topological polar surface area (TPSA) is 61.8 Å². The fraction of sp³-hybridized carbons (Fsp3) is 0.333. The summed E-state index contributed by atoms with van der Waals surface area (Å²) in [6.45, 7) is 0.357. The van der Waals surface area contributed by atoms with Gasteiger partial charge in [0.25, 0.3) is 0 Å². The first-order valence-electron chi connectivity index (χ1n) is 5.21. The number of esters is 1. The molecule has 1 heterocycles. The van der Waals surface area contributed by atoms with Gasteiger partial charge in [0.05, 0.1) is 19.3 Å². The molecule has 1 aliphatic rings. The number of carbonyl (C=O) groups excluding carboxylic acids is 2. The third-order valence-corrected chi connectivity index (χ3v) is 2.50. The number of rotatable bonds is 4. The highest BCUT2D eigenvalue weighted by molar-refractivity contribution is 5.81. The van der Waals surface area contributed by atoms with Crippen LogP contribution in [0.4, 0.5) is 0 Å². The van der Waals surface area contributed by atoms with E-state index in [9.17, 15) is 9.59 Å². The molecule has 1 atom stereocenters. The van der Waals surface area contributed by atoms with E-state index in [1.807, 2.05) is 0 Å². The molecule has 0 amide bonds. The van der Waals surface area contributed by atoms with E-state index < -0.39 is 12.1 Å². The second-order valence-electron chi connectivity index (χ2n) is 3.58. The van der Waals surface area contributed by atoms with Crippen LogP contribution in [-0.2, 0) is 9.53 Å². The molecule has 2 rings (SSSR count). The molecule has 1 aromatic carbocycles. The summed E-state index contributed by atoms with van der Waals surface area (Å²) < 4.78 is 15.2. The maximum Gasteiger partial charge on any atom is 0.347 e. The highest BCUT2D eigenvalue weighted by atomic mass is 16.6. The lowest BCUT2D eigenvalue weighted by Gasteiger charge is -2.12. The fourth-order valence-corrected chi connectivity index (χ4v) is 1.59. The van der Waals surface area contributed by atoms with Crippen molar-refractivity contribution in [3.05, 3.63) is 23.8 Å². The molecule has 5 heteroatoms. The van der Waals surface area contributed by atoms with E-state index in [2.05, 4.69) is 0 Å². The first-order valence-corrected chi connectivity index (χ1v) is 5.21. The van der Waals surface area contributed by atoms with Gasteiger partial charge in [0.1, 0.15) is 11.5 Å². The third kappa shape index (κ3) is 2.38. The molecule has 0 saturated carbocycles. The average Bonchev–Trinajstić information content (AvgIpc) is 2.75. The van der Waals surface area contributed by atoms with Crippen molar-refractivity contribution >= 4 is 12.3 Å².